The molecule has 0 amide bonds. The van der Waals surface area contributed by atoms with Crippen LogP contribution in [-0.2, 0) is 6.18 Å². The lowest BCUT2D eigenvalue weighted by Gasteiger charge is -2.12. The van der Waals surface area contributed by atoms with Crippen molar-refractivity contribution >= 4 is 0 Å². The number of nitrogens with zero attached hydrogens (tertiary/aromatic N) is 2. The van der Waals surface area contributed by atoms with Crippen LogP contribution in [0.1, 0.15) is 36.1 Å². The third kappa shape index (κ3) is 2.32. The molecule has 1 saturated heterocycles. The molecule has 2 heterocycles. The highest BCUT2D eigenvalue weighted by Crippen LogP contribution is 2.29. The Labute approximate surface area is 91.1 Å². The Kier molecular flexibility index (Phi) is 2.84. The molecule has 0 radical (unpaired) electrons. The summed E-state index contributed by atoms with van der Waals surface area (Å²) in [6.07, 6.45) is -2.66. The minimum absolute atomic E-state index is 0.138. The number of alkyl halides is 3. The van der Waals surface area contributed by atoms with Crippen molar-refractivity contribution in [3.63, 3.8) is 0 Å². The van der Waals surface area contributed by atoms with Crippen molar-refractivity contribution < 1.29 is 13.2 Å². The topological polar surface area (TPSA) is 37.8 Å². The number of rotatable bonds is 1. The largest absolute Gasteiger partial charge is 0.433 e. The molecule has 1 aliphatic heterocycles. The molecule has 0 aliphatic carbocycles. The van der Waals surface area contributed by atoms with Gasteiger partial charge in [-0.3, -0.25) is 0 Å². The molecule has 0 spiro atoms. The van der Waals surface area contributed by atoms with Crippen molar-refractivity contribution in [2.24, 2.45) is 0 Å². The summed E-state index contributed by atoms with van der Waals surface area (Å²) in [6.45, 7) is 2.36. The summed E-state index contributed by atoms with van der Waals surface area (Å²) >= 11 is 0. The fourth-order valence-electron chi connectivity index (χ4n) is 1.80. The van der Waals surface area contributed by atoms with Crippen LogP contribution < -0.4 is 5.32 Å². The summed E-state index contributed by atoms with van der Waals surface area (Å²) in [5.41, 5.74) is -0.505. The summed E-state index contributed by atoms with van der Waals surface area (Å²) in [7, 11) is 0. The van der Waals surface area contributed by atoms with Crippen molar-refractivity contribution in [3.05, 3.63) is 23.3 Å². The van der Waals surface area contributed by atoms with E-state index in [1.165, 1.54) is 0 Å². The number of nitrogens with one attached hydrogen (secondary N) is 1. The van der Waals surface area contributed by atoms with Gasteiger partial charge in [0.25, 0.3) is 0 Å². The van der Waals surface area contributed by atoms with Gasteiger partial charge in [0.05, 0.1) is 6.04 Å². The molecule has 2 rings (SSSR count). The molecule has 1 atom stereocenters. The molecule has 1 fully saturated rings. The molecule has 3 nitrogen and oxygen atoms in total. The van der Waals surface area contributed by atoms with E-state index in [9.17, 15) is 13.2 Å². The fraction of sp³-hybridized carbons (Fsp3) is 0.600. The Hall–Kier alpha value is -1.17. The minimum Gasteiger partial charge on any atom is -0.307 e. The van der Waals surface area contributed by atoms with Gasteiger partial charge in [-0.2, -0.15) is 13.2 Å². The first kappa shape index (κ1) is 11.3. The van der Waals surface area contributed by atoms with E-state index >= 15 is 0 Å². The fourth-order valence-corrected chi connectivity index (χ4v) is 1.80. The maximum Gasteiger partial charge on any atom is 0.433 e. The first-order valence-corrected chi connectivity index (χ1v) is 5.13. The van der Waals surface area contributed by atoms with E-state index in [1.54, 1.807) is 6.92 Å². The highest BCUT2D eigenvalue weighted by atomic mass is 19.4. The third-order valence-electron chi connectivity index (χ3n) is 2.53. The molecule has 1 aromatic rings. The highest BCUT2D eigenvalue weighted by Gasteiger charge is 2.34. The van der Waals surface area contributed by atoms with Gasteiger partial charge >= 0.3 is 6.18 Å². The van der Waals surface area contributed by atoms with Crippen LogP contribution in [0.15, 0.2) is 6.07 Å². The Morgan fingerprint density at radius 1 is 1.38 bits per heavy atom. The highest BCUT2D eigenvalue weighted by molar-refractivity contribution is 5.15. The Morgan fingerprint density at radius 2 is 2.12 bits per heavy atom. The number of aromatic nitrogens is 2. The van der Waals surface area contributed by atoms with Gasteiger partial charge in [0.15, 0.2) is 0 Å². The van der Waals surface area contributed by atoms with Crippen LogP contribution in [0.4, 0.5) is 13.2 Å². The van der Waals surface area contributed by atoms with Crippen LogP contribution in [0.3, 0.4) is 0 Å². The second kappa shape index (κ2) is 4.01. The smallest absolute Gasteiger partial charge is 0.307 e. The van der Waals surface area contributed by atoms with Crippen molar-refractivity contribution in [1.29, 1.82) is 0 Å². The molecule has 0 bridgehead atoms. The maximum atomic E-state index is 12.5. The third-order valence-corrected chi connectivity index (χ3v) is 2.53. The summed E-state index contributed by atoms with van der Waals surface area (Å²) in [5.74, 6) is 0.254. The lowest BCUT2D eigenvalue weighted by Crippen LogP contribution is -2.19. The zero-order valence-electron chi connectivity index (χ0n) is 8.80. The summed E-state index contributed by atoms with van der Waals surface area (Å²) in [6, 6.07) is 0.833. The van der Waals surface area contributed by atoms with Gasteiger partial charge in [-0.25, -0.2) is 9.97 Å². The Balaban J connectivity index is 2.35. The molecule has 1 aromatic heterocycles. The van der Waals surface area contributed by atoms with Gasteiger partial charge in [-0.1, -0.05) is 0 Å². The second-order valence-corrected chi connectivity index (χ2v) is 3.90. The zero-order chi connectivity index (χ0) is 11.8. The van der Waals surface area contributed by atoms with E-state index < -0.39 is 11.9 Å². The van der Waals surface area contributed by atoms with Gasteiger partial charge in [0, 0.05) is 5.69 Å². The van der Waals surface area contributed by atoms with E-state index in [0.717, 1.165) is 25.5 Å². The van der Waals surface area contributed by atoms with Crippen LogP contribution in [0.5, 0.6) is 0 Å². The summed E-state index contributed by atoms with van der Waals surface area (Å²) < 4.78 is 37.6. The molecule has 1 unspecified atom stereocenters. The predicted molar refractivity (Wildman–Crippen MR) is 51.7 cm³/mol. The number of hydrogen-bond acceptors (Lipinski definition) is 3. The lowest BCUT2D eigenvalue weighted by atomic mass is 10.2. The predicted octanol–water partition coefficient (Wildman–Crippen LogP) is 2.23. The second-order valence-electron chi connectivity index (χ2n) is 3.90. The van der Waals surface area contributed by atoms with Gasteiger partial charge < -0.3 is 5.32 Å². The normalized spacial score (nSPS) is 21.4. The average molecular weight is 231 g/mol. The standard InChI is InChI=1S/C10H12F3N3/c1-6-5-8(10(11,12)13)16-9(15-6)7-3-2-4-14-7/h5,7,14H,2-4H2,1H3. The first-order valence-electron chi connectivity index (χ1n) is 5.13. The number of hydrogen-bond donors (Lipinski definition) is 1. The van der Waals surface area contributed by atoms with E-state index in [1.807, 2.05) is 0 Å². The van der Waals surface area contributed by atoms with Crippen molar-refractivity contribution in [2.75, 3.05) is 6.54 Å². The number of halogens is 3. The molecule has 0 aromatic carbocycles. The van der Waals surface area contributed by atoms with Crippen molar-refractivity contribution in [3.8, 4) is 0 Å². The molecule has 6 heteroatoms. The van der Waals surface area contributed by atoms with E-state index in [-0.39, 0.29) is 11.9 Å². The molecule has 88 valence electrons. The van der Waals surface area contributed by atoms with Crippen LogP contribution in [0, 0.1) is 6.92 Å². The molecule has 1 aliphatic rings. The monoisotopic (exact) mass is 231 g/mol. The van der Waals surface area contributed by atoms with Crippen molar-refractivity contribution in [1.82, 2.24) is 15.3 Å². The Morgan fingerprint density at radius 3 is 2.69 bits per heavy atom. The molecule has 0 saturated carbocycles. The van der Waals surface area contributed by atoms with Gasteiger partial charge in [0.2, 0.25) is 0 Å². The molecular formula is C10H12F3N3. The van der Waals surface area contributed by atoms with Gasteiger partial charge in [-0.05, 0) is 32.4 Å². The van der Waals surface area contributed by atoms with Crippen molar-refractivity contribution in [2.45, 2.75) is 32.0 Å². The molecular weight excluding hydrogens is 219 g/mol. The number of aryl methyl sites for hydroxylation is 1. The molecule has 16 heavy (non-hydrogen) atoms. The molecule has 1 N–H and O–H groups in total. The van der Waals surface area contributed by atoms with E-state index in [2.05, 4.69) is 15.3 Å². The Bertz CT molecular complexity index is 383. The lowest BCUT2D eigenvalue weighted by molar-refractivity contribution is -0.141. The zero-order valence-corrected chi connectivity index (χ0v) is 8.80. The van der Waals surface area contributed by atoms with Crippen LogP contribution >= 0.6 is 0 Å². The maximum absolute atomic E-state index is 12.5. The SMILES string of the molecule is Cc1cc(C(F)(F)F)nc(C2CCCN2)n1. The van der Waals surface area contributed by atoms with E-state index in [0.29, 0.717) is 5.69 Å². The van der Waals surface area contributed by atoms with E-state index in [4.69, 9.17) is 0 Å². The average Bonchev–Trinajstić information content (AvgIpc) is 2.68. The first-order chi connectivity index (χ1) is 7.47. The van der Waals surface area contributed by atoms with Crippen LogP contribution in [0.2, 0.25) is 0 Å². The van der Waals surface area contributed by atoms with Gasteiger partial charge in [-0.15, -0.1) is 0 Å². The van der Waals surface area contributed by atoms with Gasteiger partial charge in [0.1, 0.15) is 11.5 Å². The van der Waals surface area contributed by atoms with Crippen LogP contribution in [0.25, 0.3) is 0 Å². The van der Waals surface area contributed by atoms with Crippen LogP contribution in [-0.4, -0.2) is 16.5 Å². The summed E-state index contributed by atoms with van der Waals surface area (Å²) in [5, 5.41) is 3.09. The quantitative estimate of drug-likeness (QED) is 0.805. The summed E-state index contributed by atoms with van der Waals surface area (Å²) in [4.78, 5) is 7.64. The minimum atomic E-state index is -4.40.